The standard InChI is InChI=1S/C16H32NO4P/c1-2-3-4-5-6-7-8-9-12-22(21)13-14(16(19)20)10-11-15(17)18/h14,21H,2-13H2,1H3,(H2,17,18)(H,19,20). The molecule has 0 aliphatic rings. The van der Waals surface area contributed by atoms with E-state index in [4.69, 9.17) is 10.8 Å². The molecule has 0 aromatic carbocycles. The highest BCUT2D eigenvalue weighted by atomic mass is 31.1. The Kier molecular flexibility index (Phi) is 13.5. The molecule has 1 amide bonds. The quantitative estimate of drug-likeness (QED) is 0.315. The molecule has 5 nitrogen and oxygen atoms in total. The minimum Gasteiger partial charge on any atom is -0.481 e. The van der Waals surface area contributed by atoms with E-state index in [0.717, 1.165) is 12.8 Å². The summed E-state index contributed by atoms with van der Waals surface area (Å²) < 4.78 is 0. The molecule has 0 aromatic rings. The van der Waals surface area contributed by atoms with Gasteiger partial charge in [0.2, 0.25) is 5.91 Å². The lowest BCUT2D eigenvalue weighted by atomic mass is 10.1. The SMILES string of the molecule is CCCCCCCCCCP(O)CC(CCC(N)=O)C(=O)O. The van der Waals surface area contributed by atoms with E-state index in [9.17, 15) is 14.5 Å². The van der Waals surface area contributed by atoms with Gasteiger partial charge >= 0.3 is 5.97 Å². The van der Waals surface area contributed by atoms with Gasteiger partial charge in [0.05, 0.1) is 5.92 Å². The first-order chi connectivity index (χ1) is 10.5. The van der Waals surface area contributed by atoms with Crippen molar-refractivity contribution in [3.05, 3.63) is 0 Å². The molecule has 4 N–H and O–H groups in total. The zero-order valence-electron chi connectivity index (χ0n) is 13.8. The monoisotopic (exact) mass is 333 g/mol. The summed E-state index contributed by atoms with van der Waals surface area (Å²) in [7, 11) is -1.25. The predicted octanol–water partition coefficient (Wildman–Crippen LogP) is 3.48. The van der Waals surface area contributed by atoms with Crippen molar-refractivity contribution in [3.8, 4) is 0 Å². The van der Waals surface area contributed by atoms with Gasteiger partial charge in [-0.2, -0.15) is 0 Å². The highest BCUT2D eigenvalue weighted by Crippen LogP contribution is 2.35. The highest BCUT2D eigenvalue weighted by Gasteiger charge is 2.21. The first-order valence-electron chi connectivity index (χ1n) is 8.42. The van der Waals surface area contributed by atoms with Gasteiger partial charge in [-0.05, 0) is 19.0 Å². The van der Waals surface area contributed by atoms with Crippen molar-refractivity contribution < 1.29 is 19.6 Å². The second-order valence-electron chi connectivity index (χ2n) is 5.93. The number of amides is 1. The highest BCUT2D eigenvalue weighted by molar-refractivity contribution is 7.51. The second kappa shape index (κ2) is 14.0. The molecule has 0 heterocycles. The van der Waals surface area contributed by atoms with E-state index in [1.165, 1.54) is 38.5 Å². The molecule has 2 unspecified atom stereocenters. The van der Waals surface area contributed by atoms with E-state index >= 15 is 0 Å². The number of carbonyl (C=O) groups is 2. The number of carboxylic acids is 1. The van der Waals surface area contributed by atoms with Gasteiger partial charge in [0.25, 0.3) is 0 Å². The molecule has 0 radical (unpaired) electrons. The summed E-state index contributed by atoms with van der Waals surface area (Å²) in [4.78, 5) is 31.8. The van der Waals surface area contributed by atoms with Crippen LogP contribution >= 0.6 is 8.15 Å². The molecule has 0 aliphatic carbocycles. The largest absolute Gasteiger partial charge is 0.481 e. The van der Waals surface area contributed by atoms with Crippen LogP contribution in [-0.4, -0.2) is 34.2 Å². The fraction of sp³-hybridized carbons (Fsp3) is 0.875. The van der Waals surface area contributed by atoms with Crippen molar-refractivity contribution >= 4 is 20.0 Å². The van der Waals surface area contributed by atoms with Crippen LogP contribution in [0.3, 0.4) is 0 Å². The fourth-order valence-corrected chi connectivity index (χ4v) is 4.00. The molecule has 0 saturated heterocycles. The van der Waals surface area contributed by atoms with Gasteiger partial charge in [-0.3, -0.25) is 9.59 Å². The zero-order valence-corrected chi connectivity index (χ0v) is 14.7. The molecule has 0 aliphatic heterocycles. The van der Waals surface area contributed by atoms with E-state index in [1.807, 2.05) is 0 Å². The third-order valence-corrected chi connectivity index (χ3v) is 5.48. The van der Waals surface area contributed by atoms with Crippen molar-refractivity contribution in [1.82, 2.24) is 0 Å². The number of carboxylic acid groups (broad SMARTS) is 1. The van der Waals surface area contributed by atoms with Crippen LogP contribution < -0.4 is 5.73 Å². The van der Waals surface area contributed by atoms with Crippen molar-refractivity contribution in [2.75, 3.05) is 12.3 Å². The number of unbranched alkanes of at least 4 members (excludes halogenated alkanes) is 7. The first kappa shape index (κ1) is 21.3. The van der Waals surface area contributed by atoms with E-state index < -0.39 is 25.9 Å². The summed E-state index contributed by atoms with van der Waals surface area (Å²) in [5, 5.41) is 9.09. The Morgan fingerprint density at radius 2 is 1.59 bits per heavy atom. The molecule has 0 rings (SSSR count). The smallest absolute Gasteiger partial charge is 0.306 e. The lowest BCUT2D eigenvalue weighted by Crippen LogP contribution is -2.21. The molecular weight excluding hydrogens is 301 g/mol. The van der Waals surface area contributed by atoms with Crippen LogP contribution in [0.4, 0.5) is 0 Å². The van der Waals surface area contributed by atoms with Gasteiger partial charge in [0, 0.05) is 20.7 Å². The lowest BCUT2D eigenvalue weighted by Gasteiger charge is -2.16. The maximum Gasteiger partial charge on any atom is 0.306 e. The van der Waals surface area contributed by atoms with Crippen LogP contribution in [0.2, 0.25) is 0 Å². The molecule has 130 valence electrons. The number of rotatable bonds is 15. The van der Waals surface area contributed by atoms with Crippen molar-refractivity contribution in [2.45, 2.75) is 71.1 Å². The van der Waals surface area contributed by atoms with E-state index in [1.54, 1.807) is 0 Å². The van der Waals surface area contributed by atoms with Crippen LogP contribution in [0.1, 0.15) is 71.1 Å². The van der Waals surface area contributed by atoms with Gasteiger partial charge in [0.1, 0.15) is 0 Å². The summed E-state index contributed by atoms with van der Waals surface area (Å²) >= 11 is 0. The fourth-order valence-electron chi connectivity index (χ4n) is 2.38. The third-order valence-electron chi connectivity index (χ3n) is 3.79. The van der Waals surface area contributed by atoms with Crippen LogP contribution in [0.15, 0.2) is 0 Å². The van der Waals surface area contributed by atoms with E-state index in [0.29, 0.717) is 6.16 Å². The molecule has 0 saturated carbocycles. The number of primary amides is 1. The van der Waals surface area contributed by atoms with Crippen molar-refractivity contribution in [2.24, 2.45) is 11.7 Å². The Balaban J connectivity index is 3.70. The summed E-state index contributed by atoms with van der Waals surface area (Å²) in [6.45, 7) is 2.21. The average molecular weight is 333 g/mol. The van der Waals surface area contributed by atoms with Crippen LogP contribution in [0.5, 0.6) is 0 Å². The molecule has 0 bridgehead atoms. The Hall–Kier alpha value is -0.670. The Bertz CT molecular complexity index is 313. The lowest BCUT2D eigenvalue weighted by molar-refractivity contribution is -0.141. The van der Waals surface area contributed by atoms with Gasteiger partial charge in [-0.15, -0.1) is 0 Å². The Morgan fingerprint density at radius 3 is 2.09 bits per heavy atom. The van der Waals surface area contributed by atoms with Gasteiger partial charge in [-0.1, -0.05) is 51.9 Å². The number of hydrogen-bond acceptors (Lipinski definition) is 3. The molecule has 0 fully saturated rings. The summed E-state index contributed by atoms with van der Waals surface area (Å²) in [5.74, 6) is -2.09. The molecule has 0 spiro atoms. The van der Waals surface area contributed by atoms with Crippen LogP contribution in [-0.2, 0) is 9.59 Å². The zero-order chi connectivity index (χ0) is 16.8. The number of carbonyl (C=O) groups excluding carboxylic acids is 1. The van der Waals surface area contributed by atoms with E-state index in [2.05, 4.69) is 6.92 Å². The Labute approximate surface area is 135 Å². The van der Waals surface area contributed by atoms with Crippen molar-refractivity contribution in [1.29, 1.82) is 0 Å². The molecule has 22 heavy (non-hydrogen) atoms. The summed E-state index contributed by atoms with van der Waals surface area (Å²) in [6, 6.07) is 0. The Morgan fingerprint density at radius 1 is 1.05 bits per heavy atom. The second-order valence-corrected chi connectivity index (χ2v) is 7.75. The van der Waals surface area contributed by atoms with Gasteiger partial charge in [-0.25, -0.2) is 0 Å². The summed E-state index contributed by atoms with van der Waals surface area (Å²) in [5.41, 5.74) is 5.04. The number of hydrogen-bond donors (Lipinski definition) is 3. The average Bonchev–Trinajstić information content (AvgIpc) is 2.45. The maximum atomic E-state index is 11.1. The van der Waals surface area contributed by atoms with E-state index in [-0.39, 0.29) is 19.0 Å². The molecule has 2 atom stereocenters. The van der Waals surface area contributed by atoms with Crippen LogP contribution in [0, 0.1) is 5.92 Å². The van der Waals surface area contributed by atoms with Gasteiger partial charge in [0.15, 0.2) is 0 Å². The summed E-state index contributed by atoms with van der Waals surface area (Å²) in [6.07, 6.45) is 10.9. The third kappa shape index (κ3) is 13.0. The molecular formula is C16H32NO4P. The van der Waals surface area contributed by atoms with Crippen molar-refractivity contribution in [3.63, 3.8) is 0 Å². The predicted molar refractivity (Wildman–Crippen MR) is 91.0 cm³/mol. The minimum atomic E-state index is -1.25. The topological polar surface area (TPSA) is 101 Å². The normalized spacial score (nSPS) is 13.7. The number of aliphatic carboxylic acids is 1. The number of nitrogens with two attached hydrogens (primary N) is 1. The molecule has 0 aromatic heterocycles. The first-order valence-corrected chi connectivity index (χ1v) is 10.1. The maximum absolute atomic E-state index is 11.1. The molecule has 6 heteroatoms. The van der Waals surface area contributed by atoms with Gasteiger partial charge < -0.3 is 15.7 Å². The van der Waals surface area contributed by atoms with Crippen LogP contribution in [0.25, 0.3) is 0 Å². The minimum absolute atomic E-state index is 0.0674.